The number of para-hydroxylation sites is 1. The van der Waals surface area contributed by atoms with Gasteiger partial charge in [-0.2, -0.15) is 0 Å². The minimum Gasteiger partial charge on any atom is -0.350 e. The number of amides is 1. The molecule has 0 bridgehead atoms. The van der Waals surface area contributed by atoms with Crippen LogP contribution < -0.4 is 0 Å². The van der Waals surface area contributed by atoms with Gasteiger partial charge in [-0.15, -0.1) is 11.8 Å². The summed E-state index contributed by atoms with van der Waals surface area (Å²) in [6, 6.07) is 12.4. The lowest BCUT2D eigenvalue weighted by molar-refractivity contribution is -0.128. The van der Waals surface area contributed by atoms with Crippen molar-refractivity contribution in [1.82, 2.24) is 14.5 Å². The Hall–Kier alpha value is -2.27. The maximum atomic E-state index is 12.4. The number of benzene rings is 1. The first-order valence-electron chi connectivity index (χ1n) is 8.08. The van der Waals surface area contributed by atoms with Gasteiger partial charge in [-0.25, -0.2) is 0 Å². The minimum absolute atomic E-state index is 0.0975. The number of hydrogen-bond acceptors (Lipinski definition) is 3. The molecule has 0 N–H and O–H groups in total. The topological polar surface area (TPSA) is 38.1 Å². The number of nitrogens with zero attached hydrogens (tertiary/aromatic N) is 3. The maximum Gasteiger partial charge on any atom is 0.233 e. The molecule has 0 radical (unpaired) electrons. The minimum atomic E-state index is 0.0975. The summed E-state index contributed by atoms with van der Waals surface area (Å²) >= 11 is 1.72. The van der Waals surface area contributed by atoms with Gasteiger partial charge in [-0.05, 0) is 24.1 Å². The van der Waals surface area contributed by atoms with E-state index in [1.54, 1.807) is 18.0 Å². The van der Waals surface area contributed by atoms with Crippen molar-refractivity contribution in [3.05, 3.63) is 66.1 Å². The molecule has 1 saturated heterocycles. The molecular weight excluding hydrogens is 318 g/mol. The molecule has 1 fully saturated rings. The fraction of sp³-hybridized carbons (Fsp3) is 0.263. The van der Waals surface area contributed by atoms with E-state index in [0.29, 0.717) is 5.75 Å². The summed E-state index contributed by atoms with van der Waals surface area (Å²) < 4.78 is 2.15. The van der Waals surface area contributed by atoms with Crippen molar-refractivity contribution in [2.24, 2.45) is 7.05 Å². The molecule has 5 heteroatoms. The van der Waals surface area contributed by atoms with Gasteiger partial charge in [0, 0.05) is 48.6 Å². The monoisotopic (exact) mass is 337 g/mol. The SMILES string of the molecule is Cn1cc(C2SCC(=O)N2CCc2cccnc2)c2ccccc21. The number of hydrogen-bond donors (Lipinski definition) is 0. The molecule has 1 atom stereocenters. The highest BCUT2D eigenvalue weighted by molar-refractivity contribution is 8.00. The van der Waals surface area contributed by atoms with Gasteiger partial charge in [0.15, 0.2) is 0 Å². The zero-order valence-corrected chi connectivity index (χ0v) is 14.4. The second kappa shape index (κ2) is 6.32. The highest BCUT2D eigenvalue weighted by atomic mass is 32.2. The Labute approximate surface area is 145 Å². The summed E-state index contributed by atoms with van der Waals surface area (Å²) in [7, 11) is 2.06. The fourth-order valence-corrected chi connectivity index (χ4v) is 4.56. The molecular formula is C19H19N3OS. The lowest BCUT2D eigenvalue weighted by Gasteiger charge is -2.23. The molecule has 0 aliphatic carbocycles. The van der Waals surface area contributed by atoms with E-state index in [1.165, 1.54) is 22.0 Å². The molecule has 3 aromatic rings. The Kier molecular flexibility index (Phi) is 4.02. The number of carbonyl (C=O) groups excluding carboxylic acids is 1. The zero-order chi connectivity index (χ0) is 16.5. The van der Waals surface area contributed by atoms with Crippen LogP contribution in [0, 0.1) is 0 Å². The number of pyridine rings is 1. The van der Waals surface area contributed by atoms with Crippen molar-refractivity contribution in [2.75, 3.05) is 12.3 Å². The van der Waals surface area contributed by atoms with Crippen LogP contribution in [0.4, 0.5) is 0 Å². The number of carbonyl (C=O) groups is 1. The van der Waals surface area contributed by atoms with Crippen LogP contribution >= 0.6 is 11.8 Å². The Bertz CT molecular complexity index is 875. The fourth-order valence-electron chi connectivity index (χ4n) is 3.32. The summed E-state index contributed by atoms with van der Waals surface area (Å²) in [5.74, 6) is 0.780. The lowest BCUT2D eigenvalue weighted by atomic mass is 10.1. The van der Waals surface area contributed by atoms with E-state index < -0.39 is 0 Å². The van der Waals surface area contributed by atoms with E-state index in [4.69, 9.17) is 0 Å². The Balaban J connectivity index is 1.62. The Morgan fingerprint density at radius 2 is 2.12 bits per heavy atom. The third-order valence-electron chi connectivity index (χ3n) is 4.53. The van der Waals surface area contributed by atoms with E-state index in [0.717, 1.165) is 13.0 Å². The first-order valence-corrected chi connectivity index (χ1v) is 9.13. The molecule has 4 rings (SSSR count). The van der Waals surface area contributed by atoms with Crippen molar-refractivity contribution < 1.29 is 4.79 Å². The number of thioether (sulfide) groups is 1. The van der Waals surface area contributed by atoms with Gasteiger partial charge in [0.2, 0.25) is 5.91 Å². The van der Waals surface area contributed by atoms with Crippen LogP contribution in [-0.2, 0) is 18.3 Å². The third-order valence-corrected chi connectivity index (χ3v) is 5.76. The van der Waals surface area contributed by atoms with Gasteiger partial charge in [-0.3, -0.25) is 9.78 Å². The first-order chi connectivity index (χ1) is 11.7. The molecule has 1 amide bonds. The Morgan fingerprint density at radius 1 is 1.25 bits per heavy atom. The van der Waals surface area contributed by atoms with E-state index in [1.807, 2.05) is 17.2 Å². The second-order valence-electron chi connectivity index (χ2n) is 6.07. The van der Waals surface area contributed by atoms with Crippen LogP contribution in [0.3, 0.4) is 0 Å². The second-order valence-corrected chi connectivity index (χ2v) is 7.14. The molecule has 2 aromatic heterocycles. The average Bonchev–Trinajstić information content (AvgIpc) is 3.14. The molecule has 3 heterocycles. The molecule has 1 aliphatic rings. The van der Waals surface area contributed by atoms with Crippen LogP contribution in [0.5, 0.6) is 0 Å². The lowest BCUT2D eigenvalue weighted by Crippen LogP contribution is -2.30. The van der Waals surface area contributed by atoms with Crippen molar-refractivity contribution in [2.45, 2.75) is 11.8 Å². The van der Waals surface area contributed by atoms with Gasteiger partial charge in [0.05, 0.1) is 5.75 Å². The van der Waals surface area contributed by atoms with Crippen molar-refractivity contribution in [1.29, 1.82) is 0 Å². The largest absolute Gasteiger partial charge is 0.350 e. The van der Waals surface area contributed by atoms with E-state index in [9.17, 15) is 4.79 Å². The van der Waals surface area contributed by atoms with Crippen molar-refractivity contribution >= 4 is 28.6 Å². The molecule has 0 spiro atoms. The summed E-state index contributed by atoms with van der Waals surface area (Å²) in [5.41, 5.74) is 3.61. The quantitative estimate of drug-likeness (QED) is 0.732. The molecule has 1 unspecified atom stereocenters. The van der Waals surface area contributed by atoms with Gasteiger partial charge >= 0.3 is 0 Å². The summed E-state index contributed by atoms with van der Waals surface area (Å²) in [4.78, 5) is 18.6. The maximum absolute atomic E-state index is 12.4. The normalized spacial score (nSPS) is 17.8. The van der Waals surface area contributed by atoms with Gasteiger partial charge in [0.25, 0.3) is 0 Å². The van der Waals surface area contributed by atoms with Gasteiger partial charge in [-0.1, -0.05) is 24.3 Å². The summed E-state index contributed by atoms with van der Waals surface area (Å²) in [6.45, 7) is 0.728. The van der Waals surface area contributed by atoms with E-state index >= 15 is 0 Å². The predicted octanol–water partition coefficient (Wildman–Crippen LogP) is 3.39. The highest BCUT2D eigenvalue weighted by Crippen LogP contribution is 2.41. The van der Waals surface area contributed by atoms with Crippen LogP contribution in [0.25, 0.3) is 10.9 Å². The standard InChI is InChI=1S/C19H19N3OS/c1-21-12-16(15-6-2-3-7-17(15)21)19-22(18(23)13-24-19)10-8-14-5-4-9-20-11-14/h2-7,9,11-12,19H,8,10,13H2,1H3. The van der Waals surface area contributed by atoms with Crippen LogP contribution in [0.1, 0.15) is 16.5 Å². The number of aromatic nitrogens is 2. The molecule has 1 aromatic carbocycles. The molecule has 24 heavy (non-hydrogen) atoms. The smallest absolute Gasteiger partial charge is 0.233 e. The number of aryl methyl sites for hydroxylation is 1. The first kappa shape index (κ1) is 15.3. The average molecular weight is 337 g/mol. The molecule has 122 valence electrons. The van der Waals surface area contributed by atoms with Crippen LogP contribution in [0.2, 0.25) is 0 Å². The van der Waals surface area contributed by atoms with Gasteiger partial charge < -0.3 is 9.47 Å². The van der Waals surface area contributed by atoms with E-state index in [-0.39, 0.29) is 11.3 Å². The molecule has 4 nitrogen and oxygen atoms in total. The molecule has 1 aliphatic heterocycles. The van der Waals surface area contributed by atoms with Crippen molar-refractivity contribution in [3.8, 4) is 0 Å². The van der Waals surface area contributed by atoms with Crippen LogP contribution in [0.15, 0.2) is 55.0 Å². The zero-order valence-electron chi connectivity index (χ0n) is 13.6. The molecule has 0 saturated carbocycles. The van der Waals surface area contributed by atoms with Crippen LogP contribution in [-0.4, -0.2) is 32.7 Å². The van der Waals surface area contributed by atoms with Gasteiger partial charge in [0.1, 0.15) is 5.37 Å². The van der Waals surface area contributed by atoms with Crippen molar-refractivity contribution in [3.63, 3.8) is 0 Å². The van der Waals surface area contributed by atoms with E-state index in [2.05, 4.69) is 53.1 Å². The Morgan fingerprint density at radius 3 is 2.96 bits per heavy atom. The summed E-state index contributed by atoms with van der Waals surface area (Å²) in [6.07, 6.45) is 6.65. The third kappa shape index (κ3) is 2.69. The highest BCUT2D eigenvalue weighted by Gasteiger charge is 2.34. The number of rotatable bonds is 4. The predicted molar refractivity (Wildman–Crippen MR) is 97.8 cm³/mol. The summed E-state index contributed by atoms with van der Waals surface area (Å²) in [5, 5.41) is 1.33. The number of fused-ring (bicyclic) bond motifs is 1.